The third-order valence-corrected chi connectivity index (χ3v) is 17.5. The summed E-state index contributed by atoms with van der Waals surface area (Å²) in [6.07, 6.45) is 5.19. The van der Waals surface area contributed by atoms with Crippen LogP contribution in [-0.2, 0) is 23.1 Å². The van der Waals surface area contributed by atoms with E-state index in [0.29, 0.717) is 13.2 Å². The van der Waals surface area contributed by atoms with Crippen molar-refractivity contribution in [2.24, 2.45) is 0 Å². The Balaban J connectivity index is 1.83. The highest BCUT2D eigenvalue weighted by Crippen LogP contribution is 2.40. The van der Waals surface area contributed by atoms with Gasteiger partial charge in [0.25, 0.3) is 0 Å². The maximum atomic E-state index is 6.98. The number of hydrogen-bond acceptors (Lipinski definition) is 5. The zero-order valence-electron chi connectivity index (χ0n) is 24.3. The fourth-order valence-corrected chi connectivity index (χ4v) is 6.32. The Morgan fingerprint density at radius 3 is 2.03 bits per heavy atom. The van der Waals surface area contributed by atoms with Crippen LogP contribution in [0.25, 0.3) is 0 Å². The second kappa shape index (κ2) is 11.5. The van der Waals surface area contributed by atoms with Crippen LogP contribution in [0.5, 0.6) is 0 Å². The van der Waals surface area contributed by atoms with E-state index in [1.807, 2.05) is 18.2 Å². The van der Waals surface area contributed by atoms with Gasteiger partial charge < -0.3 is 23.1 Å². The predicted octanol–water partition coefficient (Wildman–Crippen LogP) is 7.62. The fourth-order valence-electron chi connectivity index (χ4n) is 3.95. The molecule has 0 N–H and O–H groups in total. The summed E-state index contributed by atoms with van der Waals surface area (Å²) in [5.74, 6) is 0. The van der Waals surface area contributed by atoms with Gasteiger partial charge in [0.15, 0.2) is 22.9 Å². The summed E-state index contributed by atoms with van der Waals surface area (Å²) >= 11 is 0. The van der Waals surface area contributed by atoms with Gasteiger partial charge >= 0.3 is 0 Å². The first-order valence-electron chi connectivity index (χ1n) is 13.5. The first-order chi connectivity index (χ1) is 16.6. The van der Waals surface area contributed by atoms with Crippen molar-refractivity contribution in [3.8, 4) is 0 Å². The monoisotopic (exact) mass is 534 g/mol. The lowest BCUT2D eigenvalue weighted by Crippen LogP contribution is -2.53. The van der Waals surface area contributed by atoms with Crippen molar-refractivity contribution in [1.29, 1.82) is 0 Å². The van der Waals surface area contributed by atoms with Crippen molar-refractivity contribution in [3.05, 3.63) is 48.0 Å². The zero-order chi connectivity index (χ0) is 26.8. The number of fused-ring (bicyclic) bond motifs is 1. The van der Waals surface area contributed by atoms with Crippen molar-refractivity contribution >= 4 is 16.6 Å². The van der Waals surface area contributed by atoms with Crippen LogP contribution in [0, 0.1) is 0 Å². The normalized spacial score (nSPS) is 29.6. The molecule has 1 aromatic rings. The molecule has 0 aliphatic carbocycles. The van der Waals surface area contributed by atoms with E-state index in [-0.39, 0.29) is 40.8 Å². The minimum absolute atomic E-state index is 0.0718. The Bertz CT molecular complexity index is 857. The lowest BCUT2D eigenvalue weighted by Gasteiger charge is -2.44. The molecule has 5 nitrogen and oxygen atoms in total. The number of ether oxygens (including phenoxy) is 3. The van der Waals surface area contributed by atoms with Crippen LogP contribution < -0.4 is 0 Å². The third kappa shape index (κ3) is 7.40. The van der Waals surface area contributed by atoms with Crippen molar-refractivity contribution in [2.45, 2.75) is 121 Å². The molecule has 1 fully saturated rings. The van der Waals surface area contributed by atoms with Crippen LogP contribution in [-0.4, -0.2) is 54.3 Å². The van der Waals surface area contributed by atoms with E-state index in [1.165, 1.54) is 0 Å². The third-order valence-electron chi connectivity index (χ3n) is 8.53. The molecule has 5 atom stereocenters. The van der Waals surface area contributed by atoms with E-state index in [1.54, 1.807) is 0 Å². The molecule has 0 bridgehead atoms. The van der Waals surface area contributed by atoms with Crippen molar-refractivity contribution in [3.63, 3.8) is 0 Å². The number of hydrogen-bond donors (Lipinski definition) is 0. The van der Waals surface area contributed by atoms with E-state index in [4.69, 9.17) is 23.1 Å². The Morgan fingerprint density at radius 1 is 0.806 bits per heavy atom. The van der Waals surface area contributed by atoms with Gasteiger partial charge in [-0.15, -0.1) is 0 Å². The summed E-state index contributed by atoms with van der Waals surface area (Å²) < 4.78 is 33.2. The minimum Gasteiger partial charge on any atom is -0.414 e. The Hall–Kier alpha value is -0.806. The molecule has 7 heteroatoms. The molecule has 2 aliphatic rings. The van der Waals surface area contributed by atoms with Crippen molar-refractivity contribution in [1.82, 2.24) is 0 Å². The van der Waals surface area contributed by atoms with Gasteiger partial charge in [-0.25, -0.2) is 0 Å². The molecule has 36 heavy (non-hydrogen) atoms. The van der Waals surface area contributed by atoms with Crippen LogP contribution in [0.15, 0.2) is 42.5 Å². The van der Waals surface area contributed by atoms with Gasteiger partial charge in [0, 0.05) is 5.56 Å². The van der Waals surface area contributed by atoms with Crippen LogP contribution in [0.2, 0.25) is 36.3 Å². The predicted molar refractivity (Wildman–Crippen MR) is 152 cm³/mol. The first-order valence-corrected chi connectivity index (χ1v) is 19.4. The summed E-state index contributed by atoms with van der Waals surface area (Å²) in [6.45, 7) is 23.9. The second-order valence-corrected chi connectivity index (χ2v) is 23.0. The molecule has 1 saturated heterocycles. The summed E-state index contributed by atoms with van der Waals surface area (Å²) in [4.78, 5) is 0. The molecule has 3 rings (SSSR count). The number of rotatable bonds is 6. The maximum Gasteiger partial charge on any atom is 0.192 e. The van der Waals surface area contributed by atoms with Gasteiger partial charge in [0.05, 0.1) is 25.4 Å². The largest absolute Gasteiger partial charge is 0.414 e. The van der Waals surface area contributed by atoms with Crippen LogP contribution in [0.4, 0.5) is 0 Å². The topological polar surface area (TPSA) is 46.2 Å². The lowest BCUT2D eigenvalue weighted by molar-refractivity contribution is -0.276. The minimum atomic E-state index is -2.02. The first kappa shape index (κ1) is 29.7. The molecule has 0 aromatic heterocycles. The van der Waals surface area contributed by atoms with E-state index < -0.39 is 16.6 Å². The van der Waals surface area contributed by atoms with Crippen LogP contribution >= 0.6 is 0 Å². The molecule has 0 saturated carbocycles. The Morgan fingerprint density at radius 2 is 1.42 bits per heavy atom. The van der Waals surface area contributed by atoms with Gasteiger partial charge in [0.1, 0.15) is 12.2 Å². The second-order valence-electron chi connectivity index (χ2n) is 13.4. The standard InChI is InChI=1S/C29H50O5Si2/c1-28(2,3)35(7,8)31-21-26-24(34-36(9,10)29(4,5)6)19-15-14-18-23-25(32-26)20-30-27(33-23)22-16-12-11-13-17-22/h11-17,23-27H,18-21H2,1-10H3/b15-14-/t23-,24+,25+,26-,27?/m0/s1. The molecular weight excluding hydrogens is 484 g/mol. The maximum absolute atomic E-state index is 6.98. The van der Waals surface area contributed by atoms with E-state index in [2.05, 4.69) is 92.0 Å². The molecule has 0 amide bonds. The van der Waals surface area contributed by atoms with Crippen LogP contribution in [0.1, 0.15) is 66.2 Å². The Kier molecular flexibility index (Phi) is 9.52. The summed E-state index contributed by atoms with van der Waals surface area (Å²) in [5.41, 5.74) is 1.04. The highest BCUT2D eigenvalue weighted by atomic mass is 28.4. The lowest BCUT2D eigenvalue weighted by atomic mass is 10.1. The summed E-state index contributed by atoms with van der Waals surface area (Å²) in [5, 5.41) is 0.242. The fraction of sp³-hybridized carbons (Fsp3) is 0.724. The van der Waals surface area contributed by atoms with E-state index in [0.717, 1.165) is 18.4 Å². The van der Waals surface area contributed by atoms with Crippen molar-refractivity contribution < 1.29 is 23.1 Å². The SMILES string of the molecule is CC(C)(C)[Si](C)(C)OC[C@@H]1O[C@@H]2COC(c3ccccc3)O[C@H]2C/C=C\C[C@H]1O[Si](C)(C)C(C)(C)C. The number of benzene rings is 1. The van der Waals surface area contributed by atoms with Gasteiger partial charge in [-0.3, -0.25) is 0 Å². The molecule has 0 radical (unpaired) electrons. The van der Waals surface area contributed by atoms with Gasteiger partial charge in [-0.1, -0.05) is 84.0 Å². The van der Waals surface area contributed by atoms with Gasteiger partial charge in [-0.2, -0.15) is 0 Å². The molecule has 1 unspecified atom stereocenters. The van der Waals surface area contributed by atoms with Crippen molar-refractivity contribution in [2.75, 3.05) is 13.2 Å². The average molecular weight is 535 g/mol. The molecule has 0 spiro atoms. The molecular formula is C29H50O5Si2. The Labute approximate surface area is 222 Å². The van der Waals surface area contributed by atoms with E-state index in [9.17, 15) is 0 Å². The average Bonchev–Trinajstić information content (AvgIpc) is 2.85. The quantitative estimate of drug-likeness (QED) is 0.277. The molecule has 2 aliphatic heterocycles. The summed E-state index contributed by atoms with van der Waals surface area (Å²) in [6, 6.07) is 10.2. The molecule has 2 heterocycles. The van der Waals surface area contributed by atoms with Gasteiger partial charge in [-0.05, 0) is 49.1 Å². The zero-order valence-corrected chi connectivity index (χ0v) is 26.3. The van der Waals surface area contributed by atoms with Gasteiger partial charge in [0.2, 0.25) is 0 Å². The summed E-state index contributed by atoms with van der Waals surface area (Å²) in [7, 11) is -3.98. The smallest absolute Gasteiger partial charge is 0.192 e. The highest BCUT2D eigenvalue weighted by Gasteiger charge is 2.44. The molecule has 204 valence electrons. The molecule has 1 aromatic carbocycles. The highest BCUT2D eigenvalue weighted by molar-refractivity contribution is 6.74. The van der Waals surface area contributed by atoms with E-state index >= 15 is 0 Å². The van der Waals surface area contributed by atoms with Crippen LogP contribution in [0.3, 0.4) is 0 Å².